The van der Waals surface area contributed by atoms with E-state index in [2.05, 4.69) is 5.10 Å². The van der Waals surface area contributed by atoms with Crippen molar-refractivity contribution in [2.75, 3.05) is 11.5 Å². The number of benzene rings is 3. The second-order valence-corrected chi connectivity index (χ2v) is 9.59. The monoisotopic (exact) mass is 510 g/mol. The van der Waals surface area contributed by atoms with Crippen molar-refractivity contribution in [3.63, 3.8) is 0 Å². The average Bonchev–Trinajstić information content (AvgIpc) is 3.27. The molecule has 0 bridgehead atoms. The number of nitrogens with zero attached hydrogens (tertiary/aromatic N) is 4. The zero-order chi connectivity index (χ0) is 27.0. The average molecular weight is 511 g/mol. The van der Waals surface area contributed by atoms with Crippen molar-refractivity contribution >= 4 is 22.3 Å². The van der Waals surface area contributed by atoms with Crippen LogP contribution in [0, 0.1) is 5.82 Å². The number of pyridine rings is 1. The van der Waals surface area contributed by atoms with Gasteiger partial charge in [0.05, 0.1) is 17.7 Å². The molecule has 0 saturated carbocycles. The quantitative estimate of drug-likeness (QED) is 0.266. The van der Waals surface area contributed by atoms with Crippen molar-refractivity contribution in [2.45, 2.75) is 39.2 Å². The number of nitrogen functional groups attached to an aromatic ring is 2. The van der Waals surface area contributed by atoms with Gasteiger partial charge in [-0.2, -0.15) is 5.10 Å². The van der Waals surface area contributed by atoms with Crippen molar-refractivity contribution in [3.05, 3.63) is 95.2 Å². The van der Waals surface area contributed by atoms with Crippen LogP contribution in [-0.4, -0.2) is 25.9 Å². The molecule has 1 unspecified atom stereocenters. The number of halogens is 1. The van der Waals surface area contributed by atoms with Crippen LogP contribution < -0.4 is 16.2 Å². The summed E-state index contributed by atoms with van der Waals surface area (Å²) in [6.07, 6.45) is 0.382. The van der Waals surface area contributed by atoms with Crippen molar-refractivity contribution in [2.24, 2.45) is 7.05 Å². The predicted molar refractivity (Wildman–Crippen MR) is 149 cm³/mol. The van der Waals surface area contributed by atoms with Crippen LogP contribution >= 0.6 is 0 Å². The summed E-state index contributed by atoms with van der Waals surface area (Å²) in [7, 11) is 1.80. The van der Waals surface area contributed by atoms with Gasteiger partial charge in [-0.3, -0.25) is 4.68 Å². The molecule has 8 heteroatoms. The van der Waals surface area contributed by atoms with Crippen molar-refractivity contribution in [3.8, 4) is 17.1 Å². The van der Waals surface area contributed by atoms with Gasteiger partial charge in [0.2, 0.25) is 0 Å². The standard InChI is InChI=1S/C30H31FN6O/c1-5-21-25(38-17(2)3)14-13-23(27(21)31)26(24-16-19-15-20(32)11-12-22(19)28(33)34-24)30-35-29(36-37(30)4)18-9-7-6-8-10-18/h6-17,26H,5,32H2,1-4H3,(H2,33,34). The first-order valence-electron chi connectivity index (χ1n) is 12.7. The summed E-state index contributed by atoms with van der Waals surface area (Å²) < 4.78 is 23.9. The summed E-state index contributed by atoms with van der Waals surface area (Å²) in [5.41, 5.74) is 15.4. The molecule has 0 radical (unpaired) electrons. The molecule has 0 aliphatic carbocycles. The van der Waals surface area contributed by atoms with E-state index in [9.17, 15) is 0 Å². The first kappa shape index (κ1) is 25.2. The van der Waals surface area contributed by atoms with Crippen LogP contribution in [0.2, 0.25) is 0 Å². The molecule has 2 aromatic heterocycles. The number of hydrogen-bond donors (Lipinski definition) is 2. The van der Waals surface area contributed by atoms with Crippen molar-refractivity contribution in [1.29, 1.82) is 0 Å². The van der Waals surface area contributed by atoms with Crippen LogP contribution in [0.1, 0.15) is 49.3 Å². The summed E-state index contributed by atoms with van der Waals surface area (Å²) >= 11 is 0. The highest BCUT2D eigenvalue weighted by molar-refractivity contribution is 5.93. The number of fused-ring (bicyclic) bond motifs is 1. The number of aryl methyl sites for hydroxylation is 1. The SMILES string of the molecule is CCc1c(OC(C)C)ccc(C(c2cc3cc(N)ccc3c(N)n2)c2nc(-c3ccccc3)nn2C)c1F. The number of hydrogen-bond acceptors (Lipinski definition) is 6. The Morgan fingerprint density at radius 2 is 1.74 bits per heavy atom. The molecule has 4 N–H and O–H groups in total. The maximum Gasteiger partial charge on any atom is 0.181 e. The van der Waals surface area contributed by atoms with Gasteiger partial charge in [-0.25, -0.2) is 14.4 Å². The summed E-state index contributed by atoms with van der Waals surface area (Å²) in [5.74, 6) is 0.914. The van der Waals surface area contributed by atoms with Gasteiger partial charge >= 0.3 is 0 Å². The maximum absolute atomic E-state index is 16.3. The fraction of sp³-hybridized carbons (Fsp3) is 0.233. The first-order valence-corrected chi connectivity index (χ1v) is 12.7. The Kier molecular flexibility index (Phi) is 6.72. The molecule has 7 nitrogen and oxygen atoms in total. The number of nitrogens with two attached hydrogens (primary N) is 2. The molecule has 0 amide bonds. The van der Waals surface area contributed by atoms with Gasteiger partial charge in [-0.1, -0.05) is 43.3 Å². The molecule has 3 aromatic carbocycles. The molecule has 0 aliphatic rings. The zero-order valence-corrected chi connectivity index (χ0v) is 21.9. The highest BCUT2D eigenvalue weighted by Gasteiger charge is 2.30. The van der Waals surface area contributed by atoms with E-state index in [1.807, 2.05) is 75.4 Å². The largest absolute Gasteiger partial charge is 0.491 e. The van der Waals surface area contributed by atoms with Crippen LogP contribution in [0.15, 0.2) is 66.7 Å². The molecular weight excluding hydrogens is 479 g/mol. The molecule has 5 aromatic rings. The third kappa shape index (κ3) is 4.65. The summed E-state index contributed by atoms with van der Waals surface area (Å²) in [4.78, 5) is 9.61. The summed E-state index contributed by atoms with van der Waals surface area (Å²) in [6.45, 7) is 5.76. The minimum Gasteiger partial charge on any atom is -0.491 e. The van der Waals surface area contributed by atoms with Gasteiger partial charge in [-0.05, 0) is 56.0 Å². The van der Waals surface area contributed by atoms with E-state index in [-0.39, 0.29) is 11.9 Å². The minimum absolute atomic E-state index is 0.0825. The van der Waals surface area contributed by atoms with E-state index in [1.54, 1.807) is 23.9 Å². The van der Waals surface area contributed by atoms with Gasteiger partial charge in [0, 0.05) is 34.8 Å². The summed E-state index contributed by atoms with van der Waals surface area (Å²) in [6, 6.07) is 20.6. The van der Waals surface area contributed by atoms with Crippen LogP contribution in [0.4, 0.5) is 15.9 Å². The Bertz CT molecular complexity index is 1610. The minimum atomic E-state index is -0.684. The Hall–Kier alpha value is -4.46. The van der Waals surface area contributed by atoms with Gasteiger partial charge in [0.1, 0.15) is 23.2 Å². The zero-order valence-electron chi connectivity index (χ0n) is 21.9. The van der Waals surface area contributed by atoms with Gasteiger partial charge < -0.3 is 16.2 Å². The van der Waals surface area contributed by atoms with Crippen LogP contribution in [0.5, 0.6) is 5.75 Å². The first-order chi connectivity index (χ1) is 18.3. The topological polar surface area (TPSA) is 105 Å². The van der Waals surface area contributed by atoms with Crippen LogP contribution in [0.25, 0.3) is 22.2 Å². The molecule has 0 fully saturated rings. The Balaban J connectivity index is 1.76. The molecule has 194 valence electrons. The third-order valence-corrected chi connectivity index (χ3v) is 6.54. The molecule has 2 heterocycles. The van der Waals surface area contributed by atoms with Crippen LogP contribution in [-0.2, 0) is 13.5 Å². The molecular formula is C30H31FN6O. The highest BCUT2D eigenvalue weighted by Crippen LogP contribution is 2.38. The second-order valence-electron chi connectivity index (χ2n) is 9.59. The lowest BCUT2D eigenvalue weighted by Gasteiger charge is -2.21. The lowest BCUT2D eigenvalue weighted by atomic mass is 9.90. The normalized spacial score (nSPS) is 12.3. The summed E-state index contributed by atoms with van der Waals surface area (Å²) in [5, 5.41) is 6.26. The molecule has 0 spiro atoms. The highest BCUT2D eigenvalue weighted by atomic mass is 19.1. The lowest BCUT2D eigenvalue weighted by molar-refractivity contribution is 0.238. The Labute approximate surface area is 221 Å². The second kappa shape index (κ2) is 10.1. The van der Waals surface area contributed by atoms with Crippen molar-refractivity contribution in [1.82, 2.24) is 19.7 Å². The van der Waals surface area contributed by atoms with Gasteiger partial charge in [0.15, 0.2) is 5.82 Å². The molecule has 38 heavy (non-hydrogen) atoms. The van der Waals surface area contributed by atoms with E-state index in [0.29, 0.717) is 52.1 Å². The number of ether oxygens (including phenoxy) is 1. The van der Waals surface area contributed by atoms with E-state index in [1.165, 1.54) is 0 Å². The third-order valence-electron chi connectivity index (χ3n) is 6.54. The van der Waals surface area contributed by atoms with Crippen LogP contribution in [0.3, 0.4) is 0 Å². The molecule has 0 saturated heterocycles. The Morgan fingerprint density at radius 1 is 0.974 bits per heavy atom. The number of rotatable bonds is 7. The van der Waals surface area contributed by atoms with Gasteiger partial charge in [0.25, 0.3) is 0 Å². The molecule has 1 atom stereocenters. The fourth-order valence-corrected chi connectivity index (χ4v) is 4.80. The Morgan fingerprint density at radius 3 is 2.45 bits per heavy atom. The van der Waals surface area contributed by atoms with E-state index in [4.69, 9.17) is 26.2 Å². The maximum atomic E-state index is 16.3. The predicted octanol–water partition coefficient (Wildman–Crippen LogP) is 5.86. The van der Waals surface area contributed by atoms with E-state index < -0.39 is 5.92 Å². The van der Waals surface area contributed by atoms with Gasteiger partial charge in [-0.15, -0.1) is 0 Å². The van der Waals surface area contributed by atoms with E-state index in [0.717, 1.165) is 16.3 Å². The lowest BCUT2D eigenvalue weighted by Crippen LogP contribution is -2.16. The van der Waals surface area contributed by atoms with E-state index >= 15 is 4.39 Å². The fourth-order valence-electron chi connectivity index (χ4n) is 4.80. The number of anilines is 2. The van der Waals surface area contributed by atoms with Crippen molar-refractivity contribution < 1.29 is 9.13 Å². The molecule has 5 rings (SSSR count). The molecule has 0 aliphatic heterocycles. The smallest absolute Gasteiger partial charge is 0.181 e. The number of aromatic nitrogens is 4.